The van der Waals surface area contributed by atoms with Gasteiger partial charge in [-0.3, -0.25) is 9.89 Å². The molecule has 2 aromatic rings. The van der Waals surface area contributed by atoms with Crippen LogP contribution in [0.3, 0.4) is 0 Å². The Morgan fingerprint density at radius 1 is 1.21 bits per heavy atom. The number of hydrogen-bond acceptors (Lipinski definition) is 3. The van der Waals surface area contributed by atoms with Gasteiger partial charge in [-0.1, -0.05) is 23.2 Å². The van der Waals surface area contributed by atoms with Gasteiger partial charge in [-0.05, 0) is 18.2 Å². The van der Waals surface area contributed by atoms with Crippen molar-refractivity contribution in [3.63, 3.8) is 0 Å². The number of hydrogen-bond donors (Lipinski definition) is 3. The van der Waals surface area contributed by atoms with Gasteiger partial charge in [-0.25, -0.2) is 4.79 Å². The molecule has 98 valence electrons. The average Bonchev–Trinajstić information content (AvgIpc) is 2.87. The van der Waals surface area contributed by atoms with Gasteiger partial charge in [0.1, 0.15) is 11.3 Å². The van der Waals surface area contributed by atoms with E-state index >= 15 is 0 Å². The maximum Gasteiger partial charge on any atom is 0.339 e. The fourth-order valence-electron chi connectivity index (χ4n) is 1.45. The maximum atomic E-state index is 11.8. The molecule has 1 amide bonds. The summed E-state index contributed by atoms with van der Waals surface area (Å²) >= 11 is 11.7. The number of aromatic nitrogens is 2. The van der Waals surface area contributed by atoms with E-state index in [9.17, 15) is 9.59 Å². The highest BCUT2D eigenvalue weighted by molar-refractivity contribution is 6.38. The number of H-pyrrole nitrogens is 1. The first-order valence-electron chi connectivity index (χ1n) is 5.02. The zero-order valence-electron chi connectivity index (χ0n) is 9.28. The minimum Gasteiger partial charge on any atom is -0.478 e. The van der Waals surface area contributed by atoms with Crippen molar-refractivity contribution < 1.29 is 14.7 Å². The topological polar surface area (TPSA) is 95.1 Å². The molecule has 0 saturated carbocycles. The Hall–Kier alpha value is -2.05. The number of anilines is 1. The van der Waals surface area contributed by atoms with Crippen molar-refractivity contribution in [3.8, 4) is 0 Å². The lowest BCUT2D eigenvalue weighted by atomic mass is 10.1. The summed E-state index contributed by atoms with van der Waals surface area (Å²) < 4.78 is 0. The number of carboxylic acids is 1. The van der Waals surface area contributed by atoms with Crippen LogP contribution in [-0.2, 0) is 0 Å². The van der Waals surface area contributed by atoms with Gasteiger partial charge >= 0.3 is 5.97 Å². The number of carbonyl (C=O) groups excluding carboxylic acids is 1. The molecule has 0 radical (unpaired) electrons. The number of nitrogens with zero attached hydrogens (tertiary/aromatic N) is 1. The van der Waals surface area contributed by atoms with E-state index in [0.717, 1.165) is 0 Å². The Balaban J connectivity index is 2.42. The first-order chi connectivity index (χ1) is 9.00. The summed E-state index contributed by atoms with van der Waals surface area (Å²) in [6, 6.07) is 4.19. The number of aromatic amines is 1. The minimum absolute atomic E-state index is 0.0168. The summed E-state index contributed by atoms with van der Waals surface area (Å²) in [5.41, 5.74) is -0.143. The molecule has 3 N–H and O–H groups in total. The predicted octanol–water partition coefficient (Wildman–Crippen LogP) is 2.67. The van der Waals surface area contributed by atoms with E-state index in [1.807, 2.05) is 0 Å². The highest BCUT2D eigenvalue weighted by Crippen LogP contribution is 2.32. The Labute approximate surface area is 117 Å². The molecular weight excluding hydrogens is 293 g/mol. The molecule has 1 heterocycles. The van der Waals surface area contributed by atoms with Gasteiger partial charge in [0.2, 0.25) is 0 Å². The highest BCUT2D eigenvalue weighted by Gasteiger charge is 2.20. The molecule has 0 unspecified atom stereocenters. The molecule has 0 fully saturated rings. The van der Waals surface area contributed by atoms with Crippen LogP contribution in [0.5, 0.6) is 0 Å². The number of rotatable bonds is 3. The summed E-state index contributed by atoms with van der Waals surface area (Å²) in [5, 5.41) is 17.6. The number of carboxylic acid groups (broad SMARTS) is 1. The van der Waals surface area contributed by atoms with Crippen molar-refractivity contribution in [2.45, 2.75) is 0 Å². The molecule has 1 aromatic heterocycles. The zero-order valence-corrected chi connectivity index (χ0v) is 10.8. The second kappa shape index (κ2) is 5.29. The van der Waals surface area contributed by atoms with Crippen LogP contribution < -0.4 is 5.32 Å². The third-order valence-electron chi connectivity index (χ3n) is 2.30. The van der Waals surface area contributed by atoms with Gasteiger partial charge < -0.3 is 10.4 Å². The molecule has 0 atom stereocenters. The van der Waals surface area contributed by atoms with Gasteiger partial charge in [-0.2, -0.15) is 5.10 Å². The molecule has 1 aromatic carbocycles. The molecule has 19 heavy (non-hydrogen) atoms. The summed E-state index contributed by atoms with van der Waals surface area (Å²) in [6.45, 7) is 0. The summed E-state index contributed by atoms with van der Waals surface area (Å²) in [4.78, 5) is 23.0. The normalized spacial score (nSPS) is 10.2. The van der Waals surface area contributed by atoms with Crippen molar-refractivity contribution in [3.05, 3.63) is 45.7 Å². The quantitative estimate of drug-likeness (QED) is 0.812. The molecular formula is C11H7Cl2N3O3. The average molecular weight is 300 g/mol. The van der Waals surface area contributed by atoms with E-state index in [4.69, 9.17) is 28.3 Å². The first-order valence-corrected chi connectivity index (χ1v) is 5.78. The maximum absolute atomic E-state index is 11.8. The SMILES string of the molecule is O=C(Nc1c(Cl)ccc(Cl)c1C(=O)O)c1ccn[nH]1. The lowest BCUT2D eigenvalue weighted by molar-refractivity contribution is 0.0698. The van der Waals surface area contributed by atoms with Crippen molar-refractivity contribution in [2.75, 3.05) is 5.32 Å². The lowest BCUT2D eigenvalue weighted by Gasteiger charge is -2.11. The molecule has 2 rings (SSSR count). The monoisotopic (exact) mass is 299 g/mol. The number of benzene rings is 1. The smallest absolute Gasteiger partial charge is 0.339 e. The van der Waals surface area contributed by atoms with Crippen LogP contribution in [0.15, 0.2) is 24.4 Å². The Morgan fingerprint density at radius 2 is 1.89 bits per heavy atom. The summed E-state index contributed by atoms with van der Waals surface area (Å²) in [7, 11) is 0. The molecule has 6 nitrogen and oxygen atoms in total. The van der Waals surface area contributed by atoms with Gasteiger partial charge in [-0.15, -0.1) is 0 Å². The number of nitrogens with one attached hydrogen (secondary N) is 2. The molecule has 0 spiro atoms. The summed E-state index contributed by atoms with van der Waals surface area (Å²) in [5.74, 6) is -1.85. The molecule has 0 bridgehead atoms. The summed E-state index contributed by atoms with van der Waals surface area (Å²) in [6.07, 6.45) is 1.40. The van der Waals surface area contributed by atoms with Crippen LogP contribution >= 0.6 is 23.2 Å². The lowest BCUT2D eigenvalue weighted by Crippen LogP contribution is -2.16. The van der Waals surface area contributed by atoms with Crippen molar-refractivity contribution in [1.82, 2.24) is 10.2 Å². The molecule has 0 aliphatic carbocycles. The first kappa shape index (κ1) is 13.4. The van der Waals surface area contributed by atoms with Gasteiger partial charge in [0.15, 0.2) is 0 Å². The van der Waals surface area contributed by atoms with Crippen LogP contribution in [0.25, 0.3) is 0 Å². The number of aromatic carboxylic acids is 1. The van der Waals surface area contributed by atoms with Crippen LogP contribution in [0.4, 0.5) is 5.69 Å². The highest BCUT2D eigenvalue weighted by atomic mass is 35.5. The molecule has 0 aliphatic rings. The second-order valence-corrected chi connectivity index (χ2v) is 4.32. The standard InChI is InChI=1S/C11H7Cl2N3O3/c12-5-1-2-6(13)9(8(5)11(18)19)15-10(17)7-3-4-14-16-7/h1-4H,(H,14,16)(H,15,17)(H,18,19). The van der Waals surface area contributed by atoms with Crippen molar-refractivity contribution in [2.24, 2.45) is 0 Å². The number of amides is 1. The fourth-order valence-corrected chi connectivity index (χ4v) is 1.89. The van der Waals surface area contributed by atoms with E-state index in [0.29, 0.717) is 0 Å². The van der Waals surface area contributed by atoms with Crippen LogP contribution in [0.2, 0.25) is 10.0 Å². The Morgan fingerprint density at radius 3 is 2.47 bits per heavy atom. The van der Waals surface area contributed by atoms with E-state index in [2.05, 4.69) is 15.5 Å². The molecule has 8 heteroatoms. The number of halogens is 2. The largest absolute Gasteiger partial charge is 0.478 e. The van der Waals surface area contributed by atoms with Crippen molar-refractivity contribution in [1.29, 1.82) is 0 Å². The van der Waals surface area contributed by atoms with Crippen LogP contribution in [0, 0.1) is 0 Å². The van der Waals surface area contributed by atoms with E-state index in [1.165, 1.54) is 24.4 Å². The van der Waals surface area contributed by atoms with Crippen molar-refractivity contribution >= 4 is 40.8 Å². The Kier molecular flexibility index (Phi) is 3.73. The minimum atomic E-state index is -1.28. The molecule has 0 aliphatic heterocycles. The second-order valence-electron chi connectivity index (χ2n) is 3.51. The van der Waals surface area contributed by atoms with Gasteiger partial charge in [0, 0.05) is 6.20 Å². The van der Waals surface area contributed by atoms with Gasteiger partial charge in [0.25, 0.3) is 5.91 Å². The third kappa shape index (κ3) is 2.69. The Bertz CT molecular complexity index is 641. The third-order valence-corrected chi connectivity index (χ3v) is 2.93. The van der Waals surface area contributed by atoms with E-state index in [-0.39, 0.29) is 27.0 Å². The van der Waals surface area contributed by atoms with Crippen LogP contribution in [0.1, 0.15) is 20.8 Å². The fraction of sp³-hybridized carbons (Fsp3) is 0. The van der Waals surface area contributed by atoms with Gasteiger partial charge in [0.05, 0.1) is 15.7 Å². The van der Waals surface area contributed by atoms with Crippen LogP contribution in [-0.4, -0.2) is 27.2 Å². The van der Waals surface area contributed by atoms with E-state index in [1.54, 1.807) is 0 Å². The van der Waals surface area contributed by atoms with E-state index < -0.39 is 11.9 Å². The predicted molar refractivity (Wildman–Crippen MR) is 70.0 cm³/mol. The molecule has 0 saturated heterocycles. The number of carbonyl (C=O) groups is 2. The zero-order chi connectivity index (χ0) is 14.0.